The summed E-state index contributed by atoms with van der Waals surface area (Å²) in [7, 11) is 1.29. The predicted octanol–water partition coefficient (Wildman–Crippen LogP) is 2.34. The molecule has 1 unspecified atom stereocenters. The van der Waals surface area contributed by atoms with E-state index in [-0.39, 0.29) is 29.8 Å². The number of aliphatic hydroxyl groups excluding tert-OH is 1. The monoisotopic (exact) mass is 348 g/mol. The summed E-state index contributed by atoms with van der Waals surface area (Å²) < 4.78 is 4.62. The van der Waals surface area contributed by atoms with Gasteiger partial charge in [-0.05, 0) is 40.9 Å². The molecule has 0 aliphatic rings. The van der Waals surface area contributed by atoms with Gasteiger partial charge in [-0.1, -0.05) is 6.92 Å². The number of esters is 1. The van der Waals surface area contributed by atoms with E-state index in [0.717, 1.165) is 5.56 Å². The average molecular weight is 348 g/mol. The molecule has 1 atom stereocenters. The first-order chi connectivity index (χ1) is 11.6. The molecule has 0 saturated carbocycles. The van der Waals surface area contributed by atoms with Gasteiger partial charge >= 0.3 is 5.97 Å². The van der Waals surface area contributed by atoms with Gasteiger partial charge in [0.25, 0.3) is 5.91 Å². The molecule has 2 aromatic rings. The Morgan fingerprint density at radius 2 is 2.17 bits per heavy atom. The van der Waals surface area contributed by atoms with Crippen molar-refractivity contribution in [1.82, 2.24) is 9.88 Å². The molecule has 24 heavy (non-hydrogen) atoms. The van der Waals surface area contributed by atoms with Crippen LogP contribution in [0.15, 0.2) is 35.2 Å². The van der Waals surface area contributed by atoms with Gasteiger partial charge in [0.15, 0.2) is 0 Å². The molecule has 1 N–H and O–H groups in total. The normalized spacial score (nSPS) is 11.8. The molecule has 2 aromatic heterocycles. The van der Waals surface area contributed by atoms with Crippen molar-refractivity contribution in [3.63, 3.8) is 0 Å². The van der Waals surface area contributed by atoms with Crippen molar-refractivity contribution in [3.05, 3.63) is 52.0 Å². The fraction of sp³-hybridized carbons (Fsp3) is 0.353. The van der Waals surface area contributed by atoms with Crippen LogP contribution in [-0.2, 0) is 11.3 Å². The molecule has 7 heteroatoms. The van der Waals surface area contributed by atoms with Gasteiger partial charge in [-0.15, -0.1) is 0 Å². The van der Waals surface area contributed by atoms with Crippen LogP contribution in [0, 0.1) is 0 Å². The standard InChI is InChI=1S/C17H20N2O4S/c1-3-14(10-20)19(9-12-6-7-24-11-12)16(21)15-5-4-13(8-18-15)17(22)23-2/h4-8,11,14,20H,3,9-10H2,1-2H3. The lowest BCUT2D eigenvalue weighted by Gasteiger charge is -2.29. The number of aliphatic hydroxyl groups is 1. The first kappa shape index (κ1) is 18.1. The van der Waals surface area contributed by atoms with Gasteiger partial charge in [-0.3, -0.25) is 9.78 Å². The number of ether oxygens (including phenoxy) is 1. The number of rotatable bonds is 7. The Hall–Kier alpha value is -2.25. The lowest BCUT2D eigenvalue weighted by molar-refractivity contribution is 0.0554. The van der Waals surface area contributed by atoms with Gasteiger partial charge in [0, 0.05) is 12.7 Å². The van der Waals surface area contributed by atoms with Gasteiger partial charge in [-0.25, -0.2) is 4.79 Å². The molecular formula is C17H20N2O4S. The van der Waals surface area contributed by atoms with E-state index in [1.807, 2.05) is 23.8 Å². The Morgan fingerprint density at radius 1 is 1.38 bits per heavy atom. The molecule has 0 saturated heterocycles. The lowest BCUT2D eigenvalue weighted by atomic mass is 10.1. The van der Waals surface area contributed by atoms with Crippen molar-refractivity contribution in [1.29, 1.82) is 0 Å². The van der Waals surface area contributed by atoms with Crippen LogP contribution >= 0.6 is 11.3 Å². The Kier molecular flexibility index (Phi) is 6.45. The van der Waals surface area contributed by atoms with Crippen LogP contribution in [0.2, 0.25) is 0 Å². The molecular weight excluding hydrogens is 328 g/mol. The van der Waals surface area contributed by atoms with Crippen LogP contribution < -0.4 is 0 Å². The van der Waals surface area contributed by atoms with E-state index in [2.05, 4.69) is 9.72 Å². The second-order valence-corrected chi connectivity index (χ2v) is 6.01. The van der Waals surface area contributed by atoms with Crippen molar-refractivity contribution < 1.29 is 19.4 Å². The predicted molar refractivity (Wildman–Crippen MR) is 90.9 cm³/mol. The average Bonchev–Trinajstić information content (AvgIpc) is 3.14. The molecule has 0 aromatic carbocycles. The fourth-order valence-corrected chi connectivity index (χ4v) is 2.96. The first-order valence-corrected chi connectivity index (χ1v) is 8.52. The zero-order valence-electron chi connectivity index (χ0n) is 13.6. The second kappa shape index (κ2) is 8.56. The van der Waals surface area contributed by atoms with Gasteiger partial charge < -0.3 is 14.7 Å². The van der Waals surface area contributed by atoms with Crippen LogP contribution in [0.5, 0.6) is 0 Å². The Morgan fingerprint density at radius 3 is 2.67 bits per heavy atom. The number of thiophene rings is 1. The summed E-state index contributed by atoms with van der Waals surface area (Å²) in [6.45, 7) is 2.21. The molecule has 0 radical (unpaired) electrons. The van der Waals surface area contributed by atoms with Crippen LogP contribution in [0.4, 0.5) is 0 Å². The second-order valence-electron chi connectivity index (χ2n) is 5.23. The van der Waals surface area contributed by atoms with Crippen molar-refractivity contribution in [2.45, 2.75) is 25.9 Å². The summed E-state index contributed by atoms with van der Waals surface area (Å²) in [5.41, 5.74) is 1.52. The molecule has 0 aliphatic heterocycles. The number of carbonyl (C=O) groups is 2. The quantitative estimate of drug-likeness (QED) is 0.777. The molecule has 2 heterocycles. The summed E-state index contributed by atoms with van der Waals surface area (Å²) in [4.78, 5) is 30.0. The van der Waals surface area contributed by atoms with E-state index in [1.54, 1.807) is 16.2 Å². The number of carbonyl (C=O) groups excluding carboxylic acids is 2. The number of amides is 1. The van der Waals surface area contributed by atoms with Crippen LogP contribution in [-0.4, -0.2) is 46.6 Å². The highest BCUT2D eigenvalue weighted by Gasteiger charge is 2.24. The molecule has 6 nitrogen and oxygen atoms in total. The molecule has 0 spiro atoms. The number of hydrogen-bond acceptors (Lipinski definition) is 6. The van der Waals surface area contributed by atoms with Gasteiger partial charge in [-0.2, -0.15) is 11.3 Å². The smallest absolute Gasteiger partial charge is 0.339 e. The Bertz CT molecular complexity index is 666. The minimum atomic E-state index is -0.501. The van der Waals surface area contributed by atoms with E-state index in [0.29, 0.717) is 13.0 Å². The van der Waals surface area contributed by atoms with E-state index in [1.165, 1.54) is 25.4 Å². The summed E-state index contributed by atoms with van der Waals surface area (Å²) in [5.74, 6) is -0.781. The minimum Gasteiger partial charge on any atom is -0.465 e. The van der Waals surface area contributed by atoms with Crippen molar-refractivity contribution in [3.8, 4) is 0 Å². The topological polar surface area (TPSA) is 79.7 Å². The maximum Gasteiger partial charge on any atom is 0.339 e. The van der Waals surface area contributed by atoms with Crippen molar-refractivity contribution >= 4 is 23.2 Å². The van der Waals surface area contributed by atoms with E-state index < -0.39 is 5.97 Å². The number of hydrogen-bond donors (Lipinski definition) is 1. The largest absolute Gasteiger partial charge is 0.465 e. The SMILES string of the molecule is CCC(CO)N(Cc1ccsc1)C(=O)c1ccc(C(=O)OC)cn1. The highest BCUT2D eigenvalue weighted by molar-refractivity contribution is 7.07. The molecule has 0 aliphatic carbocycles. The zero-order valence-corrected chi connectivity index (χ0v) is 14.5. The molecule has 128 valence electrons. The molecule has 1 amide bonds. The summed E-state index contributed by atoms with van der Waals surface area (Å²) in [5, 5.41) is 13.5. The Labute approximate surface area is 144 Å². The maximum atomic E-state index is 12.8. The molecule has 2 rings (SSSR count). The third-order valence-corrected chi connectivity index (χ3v) is 4.45. The van der Waals surface area contributed by atoms with Crippen LogP contribution in [0.1, 0.15) is 39.8 Å². The van der Waals surface area contributed by atoms with E-state index in [9.17, 15) is 14.7 Å². The highest BCUT2D eigenvalue weighted by atomic mass is 32.1. The van der Waals surface area contributed by atoms with E-state index >= 15 is 0 Å². The zero-order chi connectivity index (χ0) is 17.5. The van der Waals surface area contributed by atoms with Gasteiger partial charge in [0.2, 0.25) is 0 Å². The molecule has 0 fully saturated rings. The number of aromatic nitrogens is 1. The summed E-state index contributed by atoms with van der Waals surface area (Å²) >= 11 is 1.56. The highest BCUT2D eigenvalue weighted by Crippen LogP contribution is 2.16. The van der Waals surface area contributed by atoms with Crippen LogP contribution in [0.25, 0.3) is 0 Å². The van der Waals surface area contributed by atoms with Gasteiger partial charge in [0.05, 0.1) is 25.3 Å². The Balaban J connectivity index is 2.24. The summed E-state index contributed by atoms with van der Waals surface area (Å²) in [6, 6.07) is 4.66. The molecule has 0 bridgehead atoms. The number of nitrogens with zero attached hydrogens (tertiary/aromatic N) is 2. The third-order valence-electron chi connectivity index (χ3n) is 3.72. The summed E-state index contributed by atoms with van der Waals surface area (Å²) in [6.07, 6.45) is 1.95. The first-order valence-electron chi connectivity index (χ1n) is 7.58. The van der Waals surface area contributed by atoms with Gasteiger partial charge in [0.1, 0.15) is 5.69 Å². The third kappa shape index (κ3) is 4.18. The fourth-order valence-electron chi connectivity index (χ4n) is 2.30. The van der Waals surface area contributed by atoms with Crippen molar-refractivity contribution in [2.24, 2.45) is 0 Å². The lowest BCUT2D eigenvalue weighted by Crippen LogP contribution is -2.42. The minimum absolute atomic E-state index is 0.118. The number of methoxy groups -OCH3 is 1. The van der Waals surface area contributed by atoms with Crippen LogP contribution in [0.3, 0.4) is 0 Å². The van der Waals surface area contributed by atoms with E-state index in [4.69, 9.17) is 0 Å². The maximum absolute atomic E-state index is 12.8. The van der Waals surface area contributed by atoms with Crippen molar-refractivity contribution in [2.75, 3.05) is 13.7 Å². The number of pyridine rings is 1.